The Morgan fingerprint density at radius 1 is 0.925 bits per heavy atom. The molecule has 0 aromatic heterocycles. The first-order chi connectivity index (χ1) is 19.3. The lowest BCUT2D eigenvalue weighted by Gasteiger charge is -2.37. The summed E-state index contributed by atoms with van der Waals surface area (Å²) in [6, 6.07) is 15.8. The van der Waals surface area contributed by atoms with Crippen LogP contribution in [0, 0.1) is 11.8 Å². The van der Waals surface area contributed by atoms with Gasteiger partial charge in [-0.2, -0.15) is 0 Å². The van der Waals surface area contributed by atoms with Gasteiger partial charge in [0.2, 0.25) is 11.8 Å². The van der Waals surface area contributed by atoms with Crippen LogP contribution in [0.25, 0.3) is 0 Å². The summed E-state index contributed by atoms with van der Waals surface area (Å²) in [5.41, 5.74) is -0.915. The molecule has 0 saturated carbocycles. The number of likely N-dealkylation sites (tertiary alicyclic amines) is 1. The van der Waals surface area contributed by atoms with Gasteiger partial charge in [-0.05, 0) is 31.0 Å². The minimum Gasteiger partial charge on any atom is -0.396 e. The fourth-order valence-corrected chi connectivity index (χ4v) is 7.12. The number of nitrogens with zero attached hydrogens (tertiary/aromatic N) is 3. The monoisotopic (exact) mass is 561 g/mol. The summed E-state index contributed by atoms with van der Waals surface area (Å²) in [6.07, 6.45) is 7.74. The molecule has 1 unspecified atom stereocenters. The standard InChI is InChI=1S/C31H32ClN3O5/c1-30-14-7-16-33(20-21-10-3-2-4-11-21)27(37)24(30)25-28(38)35(18-9-19-36)26-29(39)34(17-8-15-31(25,26)40-30)23-13-6-5-12-22(23)32/h2-8,10-15,24-26,36H,9,16-20H2,1H3/t24-,25-,26?,30+,31-/m0/s1. The van der Waals surface area contributed by atoms with E-state index in [1.54, 1.807) is 34.1 Å². The van der Waals surface area contributed by atoms with Crippen LogP contribution >= 0.6 is 11.6 Å². The molecule has 2 fully saturated rings. The minimum absolute atomic E-state index is 0.138. The minimum atomic E-state index is -1.35. The van der Waals surface area contributed by atoms with E-state index in [4.69, 9.17) is 16.3 Å². The van der Waals surface area contributed by atoms with E-state index in [9.17, 15) is 19.5 Å². The van der Waals surface area contributed by atoms with Crippen LogP contribution in [-0.4, -0.2) is 76.1 Å². The summed E-state index contributed by atoms with van der Waals surface area (Å²) in [5.74, 6) is -2.55. The second kappa shape index (κ2) is 10.2. The van der Waals surface area contributed by atoms with Crippen molar-refractivity contribution in [2.45, 2.75) is 37.1 Å². The smallest absolute Gasteiger partial charge is 0.253 e. The van der Waals surface area contributed by atoms with Crippen LogP contribution in [0.15, 0.2) is 78.9 Å². The molecule has 6 rings (SSSR count). The number of rotatable bonds is 6. The number of para-hydroxylation sites is 1. The number of aliphatic hydroxyl groups excluding tert-OH is 1. The van der Waals surface area contributed by atoms with Gasteiger partial charge in [0.25, 0.3) is 5.91 Å². The van der Waals surface area contributed by atoms with Crippen molar-refractivity contribution in [1.29, 1.82) is 0 Å². The Morgan fingerprint density at radius 2 is 1.65 bits per heavy atom. The third kappa shape index (κ3) is 4.08. The highest BCUT2D eigenvalue weighted by molar-refractivity contribution is 6.34. The molecular weight excluding hydrogens is 530 g/mol. The highest BCUT2D eigenvalue weighted by Gasteiger charge is 2.74. The third-order valence-electron chi connectivity index (χ3n) is 8.56. The molecule has 0 bridgehead atoms. The largest absolute Gasteiger partial charge is 0.396 e. The first-order valence-electron chi connectivity index (χ1n) is 13.7. The molecule has 2 aromatic carbocycles. The van der Waals surface area contributed by atoms with Crippen molar-refractivity contribution < 1.29 is 24.2 Å². The van der Waals surface area contributed by atoms with Gasteiger partial charge in [-0.25, -0.2) is 0 Å². The van der Waals surface area contributed by atoms with Gasteiger partial charge >= 0.3 is 0 Å². The number of hydrogen-bond donors (Lipinski definition) is 1. The summed E-state index contributed by atoms with van der Waals surface area (Å²) in [7, 11) is 0. The lowest BCUT2D eigenvalue weighted by Crippen LogP contribution is -2.56. The van der Waals surface area contributed by atoms with Gasteiger partial charge in [-0.15, -0.1) is 0 Å². The molecule has 40 heavy (non-hydrogen) atoms. The van der Waals surface area contributed by atoms with Gasteiger partial charge in [0.1, 0.15) is 11.6 Å². The number of benzene rings is 2. The Kier molecular flexibility index (Phi) is 6.81. The Labute approximate surface area is 238 Å². The quantitative estimate of drug-likeness (QED) is 0.547. The number of carbonyl (C=O) groups is 3. The van der Waals surface area contributed by atoms with Crippen molar-refractivity contribution >= 4 is 35.0 Å². The van der Waals surface area contributed by atoms with Gasteiger partial charge in [-0.3, -0.25) is 14.4 Å². The molecule has 8 nitrogen and oxygen atoms in total. The first kappa shape index (κ1) is 26.7. The van der Waals surface area contributed by atoms with Gasteiger partial charge in [0.05, 0.1) is 28.1 Å². The molecule has 9 heteroatoms. The Hall–Kier alpha value is -3.46. The lowest BCUT2D eigenvalue weighted by atomic mass is 9.74. The maximum Gasteiger partial charge on any atom is 0.253 e. The van der Waals surface area contributed by atoms with Gasteiger partial charge in [-0.1, -0.05) is 78.4 Å². The zero-order valence-corrected chi connectivity index (χ0v) is 23.0. The average Bonchev–Trinajstić information content (AvgIpc) is 3.21. The number of ether oxygens (including phenoxy) is 1. The molecule has 1 spiro atoms. The van der Waals surface area contributed by atoms with Crippen molar-refractivity contribution in [2.24, 2.45) is 11.8 Å². The summed E-state index contributed by atoms with van der Waals surface area (Å²) in [4.78, 5) is 47.8. The molecule has 0 radical (unpaired) electrons. The number of carbonyl (C=O) groups excluding carboxylic acids is 3. The predicted octanol–water partition coefficient (Wildman–Crippen LogP) is 3.19. The van der Waals surface area contributed by atoms with Crippen LogP contribution in [-0.2, 0) is 25.7 Å². The van der Waals surface area contributed by atoms with Crippen molar-refractivity contribution in [3.63, 3.8) is 0 Å². The molecule has 3 amide bonds. The van der Waals surface area contributed by atoms with E-state index < -0.39 is 29.1 Å². The Morgan fingerprint density at radius 3 is 2.40 bits per heavy atom. The van der Waals surface area contributed by atoms with Crippen LogP contribution in [0.3, 0.4) is 0 Å². The van der Waals surface area contributed by atoms with E-state index in [1.807, 2.05) is 61.6 Å². The van der Waals surface area contributed by atoms with Crippen LogP contribution in [0.1, 0.15) is 18.9 Å². The molecule has 2 aromatic rings. The summed E-state index contributed by atoms with van der Waals surface area (Å²) in [6.45, 7) is 2.90. The molecule has 1 N–H and O–H groups in total. The highest BCUT2D eigenvalue weighted by Crippen LogP contribution is 2.57. The molecule has 4 heterocycles. The number of amides is 3. The first-order valence-corrected chi connectivity index (χ1v) is 14.0. The van der Waals surface area contributed by atoms with Crippen LogP contribution < -0.4 is 4.90 Å². The van der Waals surface area contributed by atoms with E-state index in [2.05, 4.69) is 0 Å². The Balaban J connectivity index is 1.43. The fourth-order valence-electron chi connectivity index (χ4n) is 6.89. The van der Waals surface area contributed by atoms with E-state index in [-0.39, 0.29) is 37.4 Å². The van der Waals surface area contributed by atoms with E-state index in [0.717, 1.165) is 5.56 Å². The average molecular weight is 562 g/mol. The summed E-state index contributed by atoms with van der Waals surface area (Å²) in [5, 5.41) is 10.0. The molecule has 2 saturated heterocycles. The SMILES string of the molecule is C[C@@]12C=CCN(Cc3ccccc3)C(=O)[C@@H]1[C@H]1C(=O)N(CCCO)C3C(=O)N(c4ccccc4Cl)CC=C[C@@]31O2. The van der Waals surface area contributed by atoms with Crippen molar-refractivity contribution in [1.82, 2.24) is 9.80 Å². The highest BCUT2D eigenvalue weighted by atomic mass is 35.5. The molecule has 0 aliphatic carbocycles. The van der Waals surface area contributed by atoms with Crippen molar-refractivity contribution in [3.05, 3.63) is 89.5 Å². The van der Waals surface area contributed by atoms with Gasteiger partial charge < -0.3 is 24.5 Å². The van der Waals surface area contributed by atoms with E-state index >= 15 is 0 Å². The maximum absolute atomic E-state index is 14.4. The van der Waals surface area contributed by atoms with Crippen LogP contribution in [0.4, 0.5) is 5.69 Å². The zero-order valence-electron chi connectivity index (χ0n) is 22.3. The number of aliphatic hydroxyl groups is 1. The number of halogens is 1. The van der Waals surface area contributed by atoms with Gasteiger partial charge in [0, 0.05) is 32.8 Å². The van der Waals surface area contributed by atoms with Crippen molar-refractivity contribution in [3.8, 4) is 0 Å². The second-order valence-electron chi connectivity index (χ2n) is 11.0. The topological polar surface area (TPSA) is 90.4 Å². The molecule has 5 atom stereocenters. The predicted molar refractivity (Wildman–Crippen MR) is 150 cm³/mol. The second-order valence-corrected chi connectivity index (χ2v) is 11.4. The maximum atomic E-state index is 14.4. The third-order valence-corrected chi connectivity index (χ3v) is 8.88. The number of hydrogen-bond acceptors (Lipinski definition) is 5. The normalized spacial score (nSPS) is 31.2. The van der Waals surface area contributed by atoms with Crippen LogP contribution in [0.5, 0.6) is 0 Å². The summed E-state index contributed by atoms with van der Waals surface area (Å²) >= 11 is 6.50. The Bertz CT molecular complexity index is 1400. The number of anilines is 1. The van der Waals surface area contributed by atoms with E-state index in [0.29, 0.717) is 30.2 Å². The molecule has 4 aliphatic rings. The summed E-state index contributed by atoms with van der Waals surface area (Å²) < 4.78 is 6.84. The number of fused-ring (bicyclic) bond motifs is 2. The zero-order chi connectivity index (χ0) is 28.1. The van der Waals surface area contributed by atoms with E-state index in [1.165, 1.54) is 4.90 Å². The molecular formula is C31H32ClN3O5. The van der Waals surface area contributed by atoms with Crippen molar-refractivity contribution in [2.75, 3.05) is 31.1 Å². The van der Waals surface area contributed by atoms with Gasteiger partial charge in [0.15, 0.2) is 0 Å². The molecule has 208 valence electrons. The lowest BCUT2D eigenvalue weighted by molar-refractivity contribution is -0.149. The molecule has 4 aliphatic heterocycles. The van der Waals surface area contributed by atoms with Crippen LogP contribution in [0.2, 0.25) is 5.02 Å². The fraction of sp³-hybridized carbons (Fsp3) is 0.387.